The molecule has 2 fully saturated rings. The molecule has 2 saturated carbocycles. The van der Waals surface area contributed by atoms with E-state index in [9.17, 15) is 4.79 Å². The Balaban J connectivity index is 1.89. The average molecular weight is 154 g/mol. The summed E-state index contributed by atoms with van der Waals surface area (Å²) in [6.45, 7) is 0. The number of hydrogen-bond donors (Lipinski definition) is 1. The lowest BCUT2D eigenvalue weighted by Crippen LogP contribution is -2.21. The summed E-state index contributed by atoms with van der Waals surface area (Å²) >= 11 is 0. The van der Waals surface area contributed by atoms with Crippen LogP contribution >= 0.6 is 0 Å². The van der Waals surface area contributed by atoms with E-state index in [1.54, 1.807) is 0 Å². The number of rotatable bonds is 1. The first-order valence-electron chi connectivity index (χ1n) is 4.45. The number of carboxylic acids is 1. The summed E-state index contributed by atoms with van der Waals surface area (Å²) in [6, 6.07) is 0. The van der Waals surface area contributed by atoms with Gasteiger partial charge < -0.3 is 5.11 Å². The van der Waals surface area contributed by atoms with Crippen LogP contribution in [0.4, 0.5) is 0 Å². The first kappa shape index (κ1) is 7.14. The topological polar surface area (TPSA) is 37.3 Å². The Morgan fingerprint density at radius 1 is 1.18 bits per heavy atom. The van der Waals surface area contributed by atoms with Crippen molar-refractivity contribution < 1.29 is 9.90 Å². The zero-order chi connectivity index (χ0) is 7.90. The van der Waals surface area contributed by atoms with E-state index in [1.807, 2.05) is 0 Å². The largest absolute Gasteiger partial charge is 0.481 e. The zero-order valence-electron chi connectivity index (χ0n) is 6.68. The second-order valence-corrected chi connectivity index (χ2v) is 4.11. The van der Waals surface area contributed by atoms with Crippen LogP contribution in [0.5, 0.6) is 0 Å². The van der Waals surface area contributed by atoms with Gasteiger partial charge in [0.25, 0.3) is 0 Å². The molecular formula is C9H14O2. The van der Waals surface area contributed by atoms with E-state index in [4.69, 9.17) is 5.11 Å². The van der Waals surface area contributed by atoms with Gasteiger partial charge in [-0.15, -0.1) is 0 Å². The molecular weight excluding hydrogens is 140 g/mol. The summed E-state index contributed by atoms with van der Waals surface area (Å²) < 4.78 is 0. The van der Waals surface area contributed by atoms with Gasteiger partial charge in [-0.2, -0.15) is 0 Å². The minimum absolute atomic E-state index is 0.0266. The quantitative estimate of drug-likeness (QED) is 0.627. The fraction of sp³-hybridized carbons (Fsp3) is 0.889. The molecule has 62 valence electrons. The van der Waals surface area contributed by atoms with E-state index in [0.29, 0.717) is 5.41 Å². The van der Waals surface area contributed by atoms with E-state index in [1.165, 1.54) is 25.7 Å². The van der Waals surface area contributed by atoms with E-state index in [-0.39, 0.29) is 5.92 Å². The minimum Gasteiger partial charge on any atom is -0.481 e. The Hall–Kier alpha value is -0.530. The first-order chi connectivity index (χ1) is 5.22. The third kappa shape index (κ3) is 1.26. The van der Waals surface area contributed by atoms with Crippen molar-refractivity contribution in [3.8, 4) is 0 Å². The van der Waals surface area contributed by atoms with Crippen LogP contribution in [-0.2, 0) is 4.79 Å². The van der Waals surface area contributed by atoms with Crippen LogP contribution in [0.3, 0.4) is 0 Å². The number of carboxylic acid groups (broad SMARTS) is 1. The molecule has 0 unspecified atom stereocenters. The lowest BCUT2D eigenvalue weighted by molar-refractivity contribution is -0.143. The van der Waals surface area contributed by atoms with Gasteiger partial charge in [0.15, 0.2) is 0 Å². The Morgan fingerprint density at radius 3 is 2.09 bits per heavy atom. The van der Waals surface area contributed by atoms with Crippen LogP contribution in [0.2, 0.25) is 0 Å². The lowest BCUT2D eigenvalue weighted by atomic mass is 9.80. The summed E-state index contributed by atoms with van der Waals surface area (Å²) in [6.07, 6.45) is 6.91. The average Bonchev–Trinajstić information content (AvgIpc) is 2.70. The van der Waals surface area contributed by atoms with Gasteiger partial charge in [-0.3, -0.25) is 4.79 Å². The number of hydrogen-bond acceptors (Lipinski definition) is 1. The second-order valence-electron chi connectivity index (χ2n) is 4.11. The van der Waals surface area contributed by atoms with Crippen LogP contribution in [0.25, 0.3) is 0 Å². The van der Waals surface area contributed by atoms with Gasteiger partial charge in [0.2, 0.25) is 0 Å². The minimum atomic E-state index is -0.583. The molecule has 0 bridgehead atoms. The highest BCUT2D eigenvalue weighted by molar-refractivity contribution is 5.70. The van der Waals surface area contributed by atoms with Crippen molar-refractivity contribution in [3.63, 3.8) is 0 Å². The highest BCUT2D eigenvalue weighted by atomic mass is 16.4. The van der Waals surface area contributed by atoms with Crippen molar-refractivity contribution in [1.29, 1.82) is 0 Å². The van der Waals surface area contributed by atoms with E-state index in [2.05, 4.69) is 0 Å². The van der Waals surface area contributed by atoms with E-state index in [0.717, 1.165) is 12.8 Å². The Morgan fingerprint density at radius 2 is 1.73 bits per heavy atom. The summed E-state index contributed by atoms with van der Waals surface area (Å²) in [7, 11) is 0. The monoisotopic (exact) mass is 154 g/mol. The number of aliphatic carboxylic acids is 1. The van der Waals surface area contributed by atoms with Gasteiger partial charge in [-0.05, 0) is 43.9 Å². The second kappa shape index (κ2) is 2.23. The zero-order valence-corrected chi connectivity index (χ0v) is 6.68. The van der Waals surface area contributed by atoms with Crippen molar-refractivity contribution in [2.75, 3.05) is 0 Å². The molecule has 11 heavy (non-hydrogen) atoms. The van der Waals surface area contributed by atoms with E-state index >= 15 is 0 Å². The van der Waals surface area contributed by atoms with Crippen molar-refractivity contribution in [1.82, 2.24) is 0 Å². The Labute approximate surface area is 66.6 Å². The summed E-state index contributed by atoms with van der Waals surface area (Å²) in [5.74, 6) is -0.610. The van der Waals surface area contributed by atoms with E-state index < -0.39 is 5.97 Å². The molecule has 1 spiro atoms. The fourth-order valence-electron chi connectivity index (χ4n) is 2.15. The fourth-order valence-corrected chi connectivity index (χ4v) is 2.15. The summed E-state index contributed by atoms with van der Waals surface area (Å²) in [5, 5.41) is 8.73. The SMILES string of the molecule is O=C(O)C1CCC2(CC1)CC2. The Kier molecular flexibility index (Phi) is 1.44. The van der Waals surface area contributed by atoms with Crippen LogP contribution in [0.1, 0.15) is 38.5 Å². The van der Waals surface area contributed by atoms with Crippen molar-refractivity contribution in [3.05, 3.63) is 0 Å². The molecule has 0 aliphatic heterocycles. The third-order valence-corrected chi connectivity index (χ3v) is 3.35. The smallest absolute Gasteiger partial charge is 0.306 e. The molecule has 0 aromatic carbocycles. The molecule has 0 atom stereocenters. The maximum atomic E-state index is 10.6. The van der Waals surface area contributed by atoms with Crippen LogP contribution < -0.4 is 0 Å². The van der Waals surface area contributed by atoms with Gasteiger partial charge in [0.05, 0.1) is 5.92 Å². The molecule has 0 aromatic heterocycles. The molecule has 2 rings (SSSR count). The van der Waals surface area contributed by atoms with Gasteiger partial charge in [-0.1, -0.05) is 0 Å². The molecule has 0 saturated heterocycles. The highest BCUT2D eigenvalue weighted by Crippen LogP contribution is 2.57. The van der Waals surface area contributed by atoms with Crippen molar-refractivity contribution >= 4 is 5.97 Å². The van der Waals surface area contributed by atoms with Crippen LogP contribution in [0.15, 0.2) is 0 Å². The molecule has 2 heteroatoms. The van der Waals surface area contributed by atoms with Crippen LogP contribution in [0, 0.1) is 11.3 Å². The molecule has 0 aromatic rings. The first-order valence-corrected chi connectivity index (χ1v) is 4.45. The molecule has 2 aliphatic carbocycles. The van der Waals surface area contributed by atoms with Crippen molar-refractivity contribution in [2.45, 2.75) is 38.5 Å². The molecule has 0 radical (unpaired) electrons. The predicted octanol–water partition coefficient (Wildman–Crippen LogP) is 2.04. The molecule has 2 nitrogen and oxygen atoms in total. The van der Waals surface area contributed by atoms with Gasteiger partial charge in [0.1, 0.15) is 0 Å². The summed E-state index contributed by atoms with van der Waals surface area (Å²) in [5.41, 5.74) is 0.631. The maximum Gasteiger partial charge on any atom is 0.306 e. The molecule has 1 N–H and O–H groups in total. The van der Waals surface area contributed by atoms with Gasteiger partial charge in [-0.25, -0.2) is 0 Å². The van der Waals surface area contributed by atoms with Crippen LogP contribution in [-0.4, -0.2) is 11.1 Å². The third-order valence-electron chi connectivity index (χ3n) is 3.35. The maximum absolute atomic E-state index is 10.6. The standard InChI is InChI=1S/C9H14O2/c10-8(11)7-1-3-9(4-2-7)5-6-9/h7H,1-6H2,(H,10,11). The van der Waals surface area contributed by atoms with Crippen molar-refractivity contribution in [2.24, 2.45) is 11.3 Å². The molecule has 0 amide bonds. The van der Waals surface area contributed by atoms with Gasteiger partial charge in [0, 0.05) is 0 Å². The molecule has 0 heterocycles. The van der Waals surface area contributed by atoms with Gasteiger partial charge >= 0.3 is 5.97 Å². The normalized spacial score (nSPS) is 28.7. The molecule has 2 aliphatic rings. The highest BCUT2D eigenvalue weighted by Gasteiger charge is 2.45. The predicted molar refractivity (Wildman–Crippen MR) is 41.3 cm³/mol. The number of carbonyl (C=O) groups is 1. The summed E-state index contributed by atoms with van der Waals surface area (Å²) in [4.78, 5) is 10.6. The lowest BCUT2D eigenvalue weighted by Gasteiger charge is -2.25. The Bertz CT molecular complexity index is 172.